The number of rotatable bonds is 6. The third kappa shape index (κ3) is 4.19. The summed E-state index contributed by atoms with van der Waals surface area (Å²) in [6, 6.07) is 15.4. The number of fused-ring (bicyclic) bond motifs is 2. The van der Waals surface area contributed by atoms with Crippen LogP contribution in [0.5, 0.6) is 11.5 Å². The van der Waals surface area contributed by atoms with Crippen molar-refractivity contribution >= 4 is 22.4 Å². The van der Waals surface area contributed by atoms with Crippen molar-refractivity contribution in [2.45, 2.75) is 6.61 Å². The van der Waals surface area contributed by atoms with Gasteiger partial charge >= 0.3 is 0 Å². The first-order valence-corrected chi connectivity index (χ1v) is 11.3. The van der Waals surface area contributed by atoms with Crippen molar-refractivity contribution in [3.63, 3.8) is 0 Å². The lowest BCUT2D eigenvalue weighted by Gasteiger charge is -2.27. The summed E-state index contributed by atoms with van der Waals surface area (Å²) >= 11 is 0. The van der Waals surface area contributed by atoms with Crippen LogP contribution in [0.25, 0.3) is 27.8 Å². The van der Waals surface area contributed by atoms with E-state index in [0.717, 1.165) is 60.0 Å². The number of anilines is 1. The molecule has 0 bridgehead atoms. The number of nitrogens with zero attached hydrogens (tertiary/aromatic N) is 7. The Morgan fingerprint density at radius 3 is 2.71 bits per heavy atom. The molecule has 0 spiro atoms. The minimum Gasteiger partial charge on any atom is -0.497 e. The van der Waals surface area contributed by atoms with Crippen LogP contribution < -0.4 is 14.4 Å². The summed E-state index contributed by atoms with van der Waals surface area (Å²) in [7, 11) is 1.63. The normalized spacial score (nSPS) is 13.9. The molecule has 0 aliphatic carbocycles. The third-order valence-corrected chi connectivity index (χ3v) is 5.97. The maximum absolute atomic E-state index is 6.10. The molecule has 0 radical (unpaired) electrons. The number of ether oxygens (including phenoxy) is 3. The van der Waals surface area contributed by atoms with Crippen molar-refractivity contribution in [3.8, 4) is 22.8 Å². The number of methoxy groups -OCH3 is 1. The Bertz CT molecular complexity index is 1480. The second kappa shape index (κ2) is 9.15. The first-order chi connectivity index (χ1) is 17.3. The highest BCUT2D eigenvalue weighted by Crippen LogP contribution is 2.28. The Morgan fingerprint density at radius 2 is 1.89 bits per heavy atom. The first kappa shape index (κ1) is 21.2. The highest BCUT2D eigenvalue weighted by Gasteiger charge is 2.14. The minimum absolute atomic E-state index is 0.205. The van der Waals surface area contributed by atoms with Crippen molar-refractivity contribution in [1.29, 1.82) is 0 Å². The molecule has 176 valence electrons. The first-order valence-electron chi connectivity index (χ1n) is 11.3. The summed E-state index contributed by atoms with van der Waals surface area (Å²) < 4.78 is 18.5. The van der Waals surface area contributed by atoms with Crippen molar-refractivity contribution in [1.82, 2.24) is 29.8 Å². The molecule has 0 amide bonds. The standard InChI is InChI=1S/C25H23N7O3/c1-33-18-3-4-19-21(14-18)26-9-8-22(19)35-16-25-29-28-24-7-5-20(30-32(24)25)17-2-6-23(27-15-17)31-10-12-34-13-11-31/h2-9,14-15H,10-13,16H2,1H3. The molecule has 0 N–H and O–H groups in total. The van der Waals surface area contributed by atoms with Gasteiger partial charge in [-0.15, -0.1) is 10.2 Å². The van der Waals surface area contributed by atoms with E-state index in [9.17, 15) is 0 Å². The van der Waals surface area contributed by atoms with Crippen molar-refractivity contribution in [2.24, 2.45) is 0 Å². The highest BCUT2D eigenvalue weighted by molar-refractivity contribution is 5.85. The lowest BCUT2D eigenvalue weighted by atomic mass is 10.2. The van der Waals surface area contributed by atoms with E-state index in [1.54, 1.807) is 17.8 Å². The molecule has 5 aromatic rings. The van der Waals surface area contributed by atoms with Crippen LogP contribution >= 0.6 is 0 Å². The van der Waals surface area contributed by atoms with Crippen LogP contribution in [-0.4, -0.2) is 63.2 Å². The molecular weight excluding hydrogens is 446 g/mol. The van der Waals surface area contributed by atoms with Gasteiger partial charge in [0.15, 0.2) is 11.5 Å². The van der Waals surface area contributed by atoms with Gasteiger partial charge in [0.05, 0.1) is 31.5 Å². The smallest absolute Gasteiger partial charge is 0.192 e. The fourth-order valence-electron chi connectivity index (χ4n) is 4.09. The van der Waals surface area contributed by atoms with E-state index in [4.69, 9.17) is 19.3 Å². The molecule has 10 heteroatoms. The summed E-state index contributed by atoms with van der Waals surface area (Å²) in [5.41, 5.74) is 3.13. The number of hydrogen-bond donors (Lipinski definition) is 0. The predicted molar refractivity (Wildman–Crippen MR) is 130 cm³/mol. The van der Waals surface area contributed by atoms with E-state index in [1.165, 1.54) is 0 Å². The SMILES string of the molecule is COc1ccc2c(OCc3nnc4ccc(-c5ccc(N6CCOCC6)nc5)nn34)ccnc2c1. The van der Waals surface area contributed by atoms with E-state index in [2.05, 4.69) is 25.1 Å². The number of benzene rings is 1. The number of pyridine rings is 2. The van der Waals surface area contributed by atoms with Gasteiger partial charge in [-0.1, -0.05) is 0 Å². The number of aromatic nitrogens is 6. The molecule has 35 heavy (non-hydrogen) atoms. The third-order valence-electron chi connectivity index (χ3n) is 5.97. The molecule has 4 aromatic heterocycles. The largest absolute Gasteiger partial charge is 0.497 e. The van der Waals surface area contributed by atoms with Gasteiger partial charge in [-0.2, -0.15) is 9.61 Å². The van der Waals surface area contributed by atoms with Crippen LogP contribution in [0.1, 0.15) is 5.82 Å². The van der Waals surface area contributed by atoms with Crippen LogP contribution in [0.15, 0.2) is 60.9 Å². The van der Waals surface area contributed by atoms with E-state index in [0.29, 0.717) is 17.2 Å². The molecule has 0 saturated carbocycles. The highest BCUT2D eigenvalue weighted by atomic mass is 16.5. The molecule has 0 unspecified atom stereocenters. The molecule has 5 heterocycles. The van der Waals surface area contributed by atoms with Crippen molar-refractivity contribution < 1.29 is 14.2 Å². The average Bonchev–Trinajstić information content (AvgIpc) is 3.34. The maximum atomic E-state index is 6.10. The van der Waals surface area contributed by atoms with Crippen molar-refractivity contribution in [3.05, 3.63) is 66.7 Å². The molecule has 0 atom stereocenters. The van der Waals surface area contributed by atoms with Gasteiger partial charge in [0.2, 0.25) is 0 Å². The second-order valence-electron chi connectivity index (χ2n) is 8.09. The van der Waals surface area contributed by atoms with Gasteiger partial charge < -0.3 is 19.1 Å². The van der Waals surface area contributed by atoms with Gasteiger partial charge in [-0.3, -0.25) is 4.98 Å². The lowest BCUT2D eigenvalue weighted by molar-refractivity contribution is 0.122. The molecule has 1 aliphatic heterocycles. The zero-order valence-electron chi connectivity index (χ0n) is 19.2. The molecular formula is C25H23N7O3. The van der Waals surface area contributed by atoms with Crippen LogP contribution in [0, 0.1) is 0 Å². The Labute approximate surface area is 201 Å². The van der Waals surface area contributed by atoms with Crippen LogP contribution in [0.2, 0.25) is 0 Å². The van der Waals surface area contributed by atoms with Crippen LogP contribution in [0.3, 0.4) is 0 Å². The van der Waals surface area contributed by atoms with Gasteiger partial charge in [-0.05, 0) is 42.5 Å². The fourth-order valence-corrected chi connectivity index (χ4v) is 4.09. The number of morpholine rings is 1. The van der Waals surface area contributed by atoms with Crippen LogP contribution in [-0.2, 0) is 11.3 Å². The Hall–Kier alpha value is -4.31. The summed E-state index contributed by atoms with van der Waals surface area (Å²) in [5.74, 6) is 2.99. The zero-order chi connectivity index (χ0) is 23.6. The van der Waals surface area contributed by atoms with Gasteiger partial charge in [0.1, 0.15) is 23.9 Å². The van der Waals surface area contributed by atoms with Gasteiger partial charge in [0, 0.05) is 42.5 Å². The molecule has 10 nitrogen and oxygen atoms in total. The van der Waals surface area contributed by atoms with E-state index in [1.807, 2.05) is 54.7 Å². The summed E-state index contributed by atoms with van der Waals surface area (Å²) in [6.07, 6.45) is 3.56. The quantitative estimate of drug-likeness (QED) is 0.371. The van der Waals surface area contributed by atoms with Crippen LogP contribution in [0.4, 0.5) is 5.82 Å². The van der Waals surface area contributed by atoms with E-state index >= 15 is 0 Å². The maximum Gasteiger partial charge on any atom is 0.192 e. The summed E-state index contributed by atoms with van der Waals surface area (Å²) in [6.45, 7) is 3.35. The summed E-state index contributed by atoms with van der Waals surface area (Å²) in [4.78, 5) is 11.3. The molecule has 1 aromatic carbocycles. The van der Waals surface area contributed by atoms with Gasteiger partial charge in [-0.25, -0.2) is 4.98 Å². The van der Waals surface area contributed by atoms with E-state index in [-0.39, 0.29) is 6.61 Å². The topological polar surface area (TPSA) is 99.8 Å². The van der Waals surface area contributed by atoms with Crippen molar-refractivity contribution in [2.75, 3.05) is 38.3 Å². The molecule has 1 aliphatic rings. The monoisotopic (exact) mass is 469 g/mol. The Balaban J connectivity index is 1.24. The van der Waals surface area contributed by atoms with E-state index < -0.39 is 0 Å². The Kier molecular flexibility index (Phi) is 5.55. The number of hydrogen-bond acceptors (Lipinski definition) is 9. The summed E-state index contributed by atoms with van der Waals surface area (Å²) in [5, 5.41) is 14.2. The zero-order valence-corrected chi connectivity index (χ0v) is 19.2. The fraction of sp³-hybridized carbons (Fsp3) is 0.240. The molecule has 6 rings (SSSR count). The average molecular weight is 470 g/mol. The molecule has 1 saturated heterocycles. The lowest BCUT2D eigenvalue weighted by Crippen LogP contribution is -2.36. The molecule has 1 fully saturated rings. The Morgan fingerprint density at radius 1 is 0.971 bits per heavy atom. The van der Waals surface area contributed by atoms with Gasteiger partial charge in [0.25, 0.3) is 0 Å². The minimum atomic E-state index is 0.205. The predicted octanol–water partition coefficient (Wildman–Crippen LogP) is 3.16. The second-order valence-corrected chi connectivity index (χ2v) is 8.09.